The number of likely N-dealkylation sites (N-methyl/N-ethyl adjacent to an activating group) is 1. The van der Waals surface area contributed by atoms with Gasteiger partial charge in [0.25, 0.3) is 0 Å². The van der Waals surface area contributed by atoms with Gasteiger partial charge in [-0.1, -0.05) is 48.4 Å². The van der Waals surface area contributed by atoms with E-state index in [1.165, 1.54) is 27.8 Å². The summed E-state index contributed by atoms with van der Waals surface area (Å²) in [6, 6.07) is 14.1. The molecule has 1 N–H and O–H groups in total. The highest BCUT2D eigenvalue weighted by atomic mass is 35.5. The smallest absolute Gasteiger partial charge is 0.335 e. The standard InChI is InChI=1S/C22H23NO2.ClH/c1-3-23-11-10-18-20(13-23)17-9-4-14(2)12-19(17)21(18)15-5-7-16(8-6-15)22(24)25;/h4-9,12,20H,3,10-11,13H2,1-2H3,(H,24,25);1H. The van der Waals surface area contributed by atoms with E-state index in [9.17, 15) is 4.79 Å². The number of hydrogen-bond donors (Lipinski definition) is 1. The van der Waals surface area contributed by atoms with Crippen LogP contribution < -0.4 is 0 Å². The van der Waals surface area contributed by atoms with Crippen LogP contribution in [0.5, 0.6) is 0 Å². The van der Waals surface area contributed by atoms with Crippen LogP contribution in [0.25, 0.3) is 5.57 Å². The van der Waals surface area contributed by atoms with E-state index in [1.807, 2.05) is 12.1 Å². The molecule has 0 spiro atoms. The average Bonchev–Trinajstić information content (AvgIpc) is 2.94. The molecule has 2 aromatic carbocycles. The number of hydrogen-bond acceptors (Lipinski definition) is 2. The van der Waals surface area contributed by atoms with Gasteiger partial charge in [-0.2, -0.15) is 0 Å². The zero-order chi connectivity index (χ0) is 17.6. The molecule has 1 atom stereocenters. The Labute approximate surface area is 160 Å². The van der Waals surface area contributed by atoms with E-state index in [1.54, 1.807) is 12.1 Å². The maximum absolute atomic E-state index is 11.2. The third kappa shape index (κ3) is 3.06. The van der Waals surface area contributed by atoms with Gasteiger partial charge in [0.2, 0.25) is 0 Å². The Bertz CT molecular complexity index is 870. The van der Waals surface area contributed by atoms with Crippen molar-refractivity contribution < 1.29 is 9.90 Å². The van der Waals surface area contributed by atoms with E-state index in [-0.39, 0.29) is 12.4 Å². The lowest BCUT2D eigenvalue weighted by molar-refractivity contribution is 0.0697. The molecule has 1 heterocycles. The first-order valence-corrected chi connectivity index (χ1v) is 8.98. The van der Waals surface area contributed by atoms with Crippen LogP contribution in [0.4, 0.5) is 0 Å². The van der Waals surface area contributed by atoms with Gasteiger partial charge in [0.05, 0.1) is 5.56 Å². The van der Waals surface area contributed by atoms with E-state index in [2.05, 4.69) is 36.9 Å². The van der Waals surface area contributed by atoms with E-state index in [0.29, 0.717) is 11.5 Å². The molecule has 0 bridgehead atoms. The quantitative estimate of drug-likeness (QED) is 0.849. The molecule has 26 heavy (non-hydrogen) atoms. The summed E-state index contributed by atoms with van der Waals surface area (Å²) in [7, 11) is 0. The Morgan fingerprint density at radius 3 is 2.58 bits per heavy atom. The van der Waals surface area contributed by atoms with Crippen LogP contribution in [0.3, 0.4) is 0 Å². The second-order valence-corrected chi connectivity index (χ2v) is 7.07. The lowest BCUT2D eigenvalue weighted by Gasteiger charge is -2.32. The summed E-state index contributed by atoms with van der Waals surface area (Å²) < 4.78 is 0. The summed E-state index contributed by atoms with van der Waals surface area (Å²) in [4.78, 5) is 13.7. The number of benzene rings is 2. The predicted molar refractivity (Wildman–Crippen MR) is 107 cm³/mol. The highest BCUT2D eigenvalue weighted by molar-refractivity contribution is 5.91. The SMILES string of the molecule is CCN1CCC2=C(c3ccc(C(=O)O)cc3)c3cc(C)ccc3C2C1.Cl. The van der Waals surface area contributed by atoms with Gasteiger partial charge in [0.15, 0.2) is 0 Å². The van der Waals surface area contributed by atoms with Crippen LogP contribution in [0.1, 0.15) is 51.9 Å². The van der Waals surface area contributed by atoms with Gasteiger partial charge < -0.3 is 10.0 Å². The molecule has 1 unspecified atom stereocenters. The van der Waals surface area contributed by atoms with Crippen molar-refractivity contribution in [2.75, 3.05) is 19.6 Å². The number of carboxylic acids is 1. The third-order valence-corrected chi connectivity index (χ3v) is 5.60. The average molecular weight is 370 g/mol. The molecule has 4 heteroatoms. The highest BCUT2D eigenvalue weighted by Gasteiger charge is 2.35. The number of aromatic carboxylic acids is 1. The molecule has 0 radical (unpaired) electrons. The fourth-order valence-electron chi connectivity index (χ4n) is 4.27. The van der Waals surface area contributed by atoms with Gasteiger partial charge in [-0.25, -0.2) is 4.79 Å². The van der Waals surface area contributed by atoms with Crippen molar-refractivity contribution in [2.45, 2.75) is 26.2 Å². The van der Waals surface area contributed by atoms with Crippen molar-refractivity contribution in [1.82, 2.24) is 4.90 Å². The number of aryl methyl sites for hydroxylation is 1. The molecule has 1 aliphatic carbocycles. The Morgan fingerprint density at radius 2 is 1.92 bits per heavy atom. The fourth-order valence-corrected chi connectivity index (χ4v) is 4.27. The van der Waals surface area contributed by atoms with Gasteiger partial charge in [-0.3, -0.25) is 0 Å². The van der Waals surface area contributed by atoms with Crippen molar-refractivity contribution in [2.24, 2.45) is 0 Å². The molecule has 136 valence electrons. The number of likely N-dealkylation sites (tertiary alicyclic amines) is 1. The van der Waals surface area contributed by atoms with Crippen molar-refractivity contribution in [1.29, 1.82) is 0 Å². The number of carboxylic acid groups (broad SMARTS) is 1. The number of nitrogens with zero attached hydrogens (tertiary/aromatic N) is 1. The Hall–Kier alpha value is -2.10. The second kappa shape index (κ2) is 7.26. The zero-order valence-electron chi connectivity index (χ0n) is 15.2. The first kappa shape index (κ1) is 18.7. The van der Waals surface area contributed by atoms with Crippen LogP contribution in [0.2, 0.25) is 0 Å². The monoisotopic (exact) mass is 369 g/mol. The Kier molecular flexibility index (Phi) is 5.22. The first-order valence-electron chi connectivity index (χ1n) is 8.98. The van der Waals surface area contributed by atoms with Crippen molar-refractivity contribution in [3.05, 3.63) is 75.9 Å². The highest BCUT2D eigenvalue weighted by Crippen LogP contribution is 2.48. The van der Waals surface area contributed by atoms with Crippen LogP contribution in [-0.2, 0) is 0 Å². The molecule has 2 aromatic rings. The minimum atomic E-state index is -0.874. The molecule has 1 aliphatic heterocycles. The lowest BCUT2D eigenvalue weighted by Crippen LogP contribution is -2.34. The molecule has 4 rings (SSSR count). The number of halogens is 1. The largest absolute Gasteiger partial charge is 0.478 e. The maximum Gasteiger partial charge on any atom is 0.335 e. The topological polar surface area (TPSA) is 40.5 Å². The van der Waals surface area contributed by atoms with Crippen molar-refractivity contribution in [3.8, 4) is 0 Å². The van der Waals surface area contributed by atoms with E-state index < -0.39 is 5.97 Å². The molecule has 2 aliphatic rings. The van der Waals surface area contributed by atoms with Crippen LogP contribution >= 0.6 is 12.4 Å². The summed E-state index contributed by atoms with van der Waals surface area (Å²) >= 11 is 0. The molecule has 0 saturated carbocycles. The third-order valence-electron chi connectivity index (χ3n) is 5.60. The normalized spacial score (nSPS) is 18.9. The summed E-state index contributed by atoms with van der Waals surface area (Å²) in [5.74, 6) is -0.403. The van der Waals surface area contributed by atoms with E-state index >= 15 is 0 Å². The van der Waals surface area contributed by atoms with Crippen molar-refractivity contribution in [3.63, 3.8) is 0 Å². The van der Waals surface area contributed by atoms with Gasteiger partial charge in [-0.15, -0.1) is 12.4 Å². The lowest BCUT2D eigenvalue weighted by atomic mass is 9.89. The Balaban J connectivity index is 0.00000196. The van der Waals surface area contributed by atoms with E-state index in [4.69, 9.17) is 5.11 Å². The van der Waals surface area contributed by atoms with Gasteiger partial charge >= 0.3 is 5.97 Å². The maximum atomic E-state index is 11.2. The summed E-state index contributed by atoms with van der Waals surface area (Å²) in [5, 5.41) is 9.16. The molecular weight excluding hydrogens is 346 g/mol. The van der Waals surface area contributed by atoms with E-state index in [0.717, 1.165) is 31.6 Å². The fraction of sp³-hybridized carbons (Fsp3) is 0.318. The second-order valence-electron chi connectivity index (χ2n) is 7.07. The van der Waals surface area contributed by atoms with Gasteiger partial charge in [-0.05, 0) is 54.3 Å². The van der Waals surface area contributed by atoms with Crippen LogP contribution in [0.15, 0.2) is 48.0 Å². The predicted octanol–water partition coefficient (Wildman–Crippen LogP) is 4.74. The number of piperidine rings is 1. The molecule has 0 aromatic heterocycles. The molecule has 1 fully saturated rings. The summed E-state index contributed by atoms with van der Waals surface area (Å²) in [5.41, 5.74) is 8.36. The van der Waals surface area contributed by atoms with Crippen LogP contribution in [0, 0.1) is 6.92 Å². The zero-order valence-corrected chi connectivity index (χ0v) is 16.0. The minimum Gasteiger partial charge on any atom is -0.478 e. The molecule has 3 nitrogen and oxygen atoms in total. The number of carbonyl (C=O) groups is 1. The number of fused-ring (bicyclic) bond motifs is 3. The summed E-state index contributed by atoms with van der Waals surface area (Å²) in [6.45, 7) is 7.64. The van der Waals surface area contributed by atoms with Gasteiger partial charge in [0, 0.05) is 19.0 Å². The first-order chi connectivity index (χ1) is 12.1. The number of rotatable bonds is 3. The molecular formula is C22H24ClNO2. The minimum absolute atomic E-state index is 0. The molecule has 0 amide bonds. The Morgan fingerprint density at radius 1 is 1.19 bits per heavy atom. The molecule has 1 saturated heterocycles. The summed E-state index contributed by atoms with van der Waals surface area (Å²) in [6.07, 6.45) is 1.09. The van der Waals surface area contributed by atoms with Crippen LogP contribution in [-0.4, -0.2) is 35.6 Å². The van der Waals surface area contributed by atoms with Crippen molar-refractivity contribution >= 4 is 23.9 Å². The van der Waals surface area contributed by atoms with Gasteiger partial charge in [0.1, 0.15) is 0 Å².